The lowest BCUT2D eigenvalue weighted by atomic mass is 9.99. The van der Waals surface area contributed by atoms with Gasteiger partial charge in [-0.15, -0.1) is 6.42 Å². The van der Waals surface area contributed by atoms with Crippen molar-refractivity contribution >= 4 is 19.7 Å². The Morgan fingerprint density at radius 1 is 1.40 bits per heavy atom. The van der Waals surface area contributed by atoms with Crippen LogP contribution in [0.4, 0.5) is 9.18 Å². The standard InChI is InChI=1S/C26H36FN4O8P/c1-5-10-17(3)15-31(18(4)24(33)34)40(36,39-19-11-8-7-9-12-19)37-16-21-23(32)20(6-2)26(27,38-21)30-14-13-22(28)29-25(30)35/h2,7-9,11-14,17-18,20-23,32H,5,10,15-16,28H2,1,3-4H3,(H,29,35)(H,33,34)/t17?,18-,20-,21-,22?,23+,26+,40-/m1/s1. The molecule has 2 aliphatic heterocycles. The monoisotopic (exact) mass is 582 g/mol. The molecule has 3 rings (SSSR count). The number of halogens is 1. The molecule has 0 aliphatic carbocycles. The second kappa shape index (κ2) is 13.1. The first-order valence-corrected chi connectivity index (χ1v) is 14.4. The summed E-state index contributed by atoms with van der Waals surface area (Å²) in [5.74, 6) is -3.74. The lowest BCUT2D eigenvalue weighted by molar-refractivity contribution is -0.216. The lowest BCUT2D eigenvalue weighted by Gasteiger charge is -2.36. The highest BCUT2D eigenvalue weighted by Crippen LogP contribution is 2.54. The highest BCUT2D eigenvalue weighted by molar-refractivity contribution is 7.51. The molecule has 40 heavy (non-hydrogen) atoms. The maximum atomic E-state index is 16.2. The molecule has 0 aromatic heterocycles. The molecule has 220 valence electrons. The largest absolute Gasteiger partial charge is 0.480 e. The summed E-state index contributed by atoms with van der Waals surface area (Å²) in [6, 6.07) is 5.76. The van der Waals surface area contributed by atoms with Gasteiger partial charge in [-0.25, -0.2) is 14.3 Å². The van der Waals surface area contributed by atoms with Gasteiger partial charge in [0.2, 0.25) is 0 Å². The van der Waals surface area contributed by atoms with Crippen molar-refractivity contribution in [1.29, 1.82) is 0 Å². The molecule has 1 fully saturated rings. The van der Waals surface area contributed by atoms with Gasteiger partial charge in [-0.2, -0.15) is 9.06 Å². The molecule has 0 radical (unpaired) electrons. The fourth-order valence-electron chi connectivity index (χ4n) is 4.50. The number of nitrogens with one attached hydrogen (secondary N) is 1. The van der Waals surface area contributed by atoms with Gasteiger partial charge < -0.3 is 30.5 Å². The van der Waals surface area contributed by atoms with Crippen molar-refractivity contribution in [3.8, 4) is 18.1 Å². The molecule has 1 aromatic rings. The van der Waals surface area contributed by atoms with E-state index >= 15 is 4.39 Å². The molecular formula is C26H36FN4O8P. The third-order valence-electron chi connectivity index (χ3n) is 6.65. The van der Waals surface area contributed by atoms with Crippen molar-refractivity contribution in [2.45, 2.75) is 64.0 Å². The van der Waals surface area contributed by atoms with E-state index in [9.17, 15) is 24.4 Å². The van der Waals surface area contributed by atoms with Crippen LogP contribution in [0.1, 0.15) is 33.6 Å². The fourth-order valence-corrected chi connectivity index (χ4v) is 6.54. The van der Waals surface area contributed by atoms with Crippen molar-refractivity contribution < 1.29 is 42.5 Å². The maximum absolute atomic E-state index is 16.2. The summed E-state index contributed by atoms with van der Waals surface area (Å²) in [4.78, 5) is 25.0. The van der Waals surface area contributed by atoms with E-state index in [0.29, 0.717) is 11.3 Å². The van der Waals surface area contributed by atoms with Crippen LogP contribution < -0.4 is 15.6 Å². The number of aliphatic carboxylic acids is 1. The van der Waals surface area contributed by atoms with E-state index in [4.69, 9.17) is 25.9 Å². The summed E-state index contributed by atoms with van der Waals surface area (Å²) in [6.07, 6.45) is 5.30. The number of urea groups is 1. The number of nitrogens with zero attached hydrogens (tertiary/aromatic N) is 2. The summed E-state index contributed by atoms with van der Waals surface area (Å²) in [7, 11) is -4.48. The number of carboxylic acid groups (broad SMARTS) is 1. The van der Waals surface area contributed by atoms with Crippen LogP contribution in [0, 0.1) is 24.2 Å². The number of hydrogen-bond donors (Lipinski definition) is 4. The zero-order valence-electron chi connectivity index (χ0n) is 22.6. The van der Waals surface area contributed by atoms with Gasteiger partial charge in [0.15, 0.2) is 0 Å². The van der Waals surface area contributed by atoms with E-state index in [1.165, 1.54) is 25.1 Å². The number of carbonyl (C=O) groups is 2. The number of ether oxygens (including phenoxy) is 1. The molecule has 8 atom stereocenters. The molecule has 12 nitrogen and oxygen atoms in total. The summed E-state index contributed by atoms with van der Waals surface area (Å²) >= 11 is 0. The topological polar surface area (TPSA) is 164 Å². The van der Waals surface area contributed by atoms with Crippen LogP contribution in [0.25, 0.3) is 0 Å². The maximum Gasteiger partial charge on any atom is 0.462 e. The quantitative estimate of drug-likeness (QED) is 0.154. The molecule has 0 spiro atoms. The van der Waals surface area contributed by atoms with E-state index in [2.05, 4.69) is 11.2 Å². The van der Waals surface area contributed by atoms with Crippen LogP contribution in [-0.2, 0) is 18.6 Å². The average molecular weight is 583 g/mol. The molecule has 14 heteroatoms. The highest BCUT2D eigenvalue weighted by atomic mass is 31.2. The van der Waals surface area contributed by atoms with E-state index < -0.39 is 62.7 Å². The fraction of sp³-hybridized carbons (Fsp3) is 0.538. The Labute approximate surface area is 232 Å². The van der Waals surface area contributed by atoms with Gasteiger partial charge in [-0.05, 0) is 37.5 Å². The van der Waals surface area contributed by atoms with E-state index in [1.54, 1.807) is 18.2 Å². The van der Waals surface area contributed by atoms with Gasteiger partial charge in [0.1, 0.15) is 29.9 Å². The first-order valence-electron chi connectivity index (χ1n) is 12.9. The second-order valence-corrected chi connectivity index (χ2v) is 11.7. The van der Waals surface area contributed by atoms with Crippen LogP contribution in [0.15, 0.2) is 42.6 Å². The molecule has 1 aromatic carbocycles. The predicted molar refractivity (Wildman–Crippen MR) is 143 cm³/mol. The first-order chi connectivity index (χ1) is 18.9. The van der Waals surface area contributed by atoms with Gasteiger partial charge >= 0.3 is 25.7 Å². The number of alkyl halides is 1. The molecule has 0 saturated carbocycles. The Morgan fingerprint density at radius 3 is 2.65 bits per heavy atom. The van der Waals surface area contributed by atoms with Crippen LogP contribution in [0.2, 0.25) is 0 Å². The summed E-state index contributed by atoms with van der Waals surface area (Å²) < 4.78 is 48.6. The van der Waals surface area contributed by atoms with Crippen molar-refractivity contribution in [3.63, 3.8) is 0 Å². The Balaban J connectivity index is 1.92. The van der Waals surface area contributed by atoms with Crippen LogP contribution in [0.3, 0.4) is 0 Å². The van der Waals surface area contributed by atoms with Gasteiger partial charge in [0, 0.05) is 12.7 Å². The van der Waals surface area contributed by atoms with E-state index in [0.717, 1.165) is 17.3 Å². The van der Waals surface area contributed by atoms with Crippen LogP contribution in [0.5, 0.6) is 5.75 Å². The van der Waals surface area contributed by atoms with Crippen LogP contribution >= 0.6 is 7.75 Å². The smallest absolute Gasteiger partial charge is 0.462 e. The molecule has 1 saturated heterocycles. The van der Waals surface area contributed by atoms with Crippen molar-refractivity contribution in [2.75, 3.05) is 13.2 Å². The Kier molecular flexibility index (Phi) is 10.3. The second-order valence-electron chi connectivity index (χ2n) is 9.79. The third kappa shape index (κ3) is 6.83. The molecule has 2 unspecified atom stereocenters. The zero-order valence-corrected chi connectivity index (χ0v) is 23.4. The van der Waals surface area contributed by atoms with Crippen molar-refractivity contribution in [2.24, 2.45) is 17.6 Å². The molecule has 0 bridgehead atoms. The number of hydrogen-bond acceptors (Lipinski definition) is 8. The van der Waals surface area contributed by atoms with Crippen molar-refractivity contribution in [1.82, 2.24) is 14.9 Å². The Bertz CT molecular complexity index is 1170. The number of para-hydroxylation sites is 1. The van der Waals surface area contributed by atoms with Gasteiger partial charge in [-0.3, -0.25) is 9.32 Å². The first kappa shape index (κ1) is 31.5. The zero-order chi connectivity index (χ0) is 29.7. The minimum atomic E-state index is -4.48. The van der Waals surface area contributed by atoms with E-state index in [-0.39, 0.29) is 18.2 Å². The summed E-state index contributed by atoms with van der Waals surface area (Å²) in [6.45, 7) is 4.52. The molecule has 2 amide bonds. The SMILES string of the molecule is C#C[C@@H]1[C@H](O)[C@@H](CO[P@@](=O)(Oc2ccccc2)N(CC(C)CCC)[C@H](C)C(=O)O)O[C@@]1(F)N1C=CC(N)NC1=O. The third-order valence-corrected chi connectivity index (χ3v) is 8.70. The van der Waals surface area contributed by atoms with Gasteiger partial charge in [0.25, 0.3) is 0 Å². The Hall–Kier alpha value is -2.98. The number of nitrogens with two attached hydrogens (primary N) is 1. The highest BCUT2D eigenvalue weighted by Gasteiger charge is 2.61. The average Bonchev–Trinajstić information content (AvgIpc) is 3.15. The number of carboxylic acids is 1. The predicted octanol–water partition coefficient (Wildman–Crippen LogP) is 2.86. The number of aliphatic hydroxyl groups excluding tert-OH is 1. The minimum absolute atomic E-state index is 0.0402. The number of rotatable bonds is 13. The minimum Gasteiger partial charge on any atom is -0.480 e. The normalized spacial score (nSPS) is 29.4. The molecule has 5 N–H and O–H groups in total. The Morgan fingerprint density at radius 2 is 2.08 bits per heavy atom. The lowest BCUT2D eigenvalue weighted by Crippen LogP contribution is -2.58. The summed E-state index contributed by atoms with van der Waals surface area (Å²) in [5, 5.41) is 23.0. The molecule has 2 heterocycles. The molecular weight excluding hydrogens is 546 g/mol. The number of aliphatic hydroxyl groups is 1. The molecule has 2 aliphatic rings. The van der Waals surface area contributed by atoms with Gasteiger partial charge in [-0.1, -0.05) is 44.4 Å². The number of terminal acetylenes is 1. The van der Waals surface area contributed by atoms with Crippen LogP contribution in [-0.4, -0.2) is 75.3 Å². The number of carbonyl (C=O) groups excluding carboxylic acids is 1. The summed E-state index contributed by atoms with van der Waals surface area (Å²) in [5.41, 5.74) is 5.63. The van der Waals surface area contributed by atoms with Crippen molar-refractivity contribution in [3.05, 3.63) is 42.6 Å². The number of amides is 2. The van der Waals surface area contributed by atoms with E-state index in [1.807, 2.05) is 13.8 Å². The number of benzene rings is 1. The van der Waals surface area contributed by atoms with Gasteiger partial charge in [0.05, 0.1) is 12.8 Å².